The Balaban J connectivity index is 1.55. The number of benzene rings is 2. The second-order valence-corrected chi connectivity index (χ2v) is 6.63. The Labute approximate surface area is 168 Å². The lowest BCUT2D eigenvalue weighted by molar-refractivity contribution is -0.117. The maximum absolute atomic E-state index is 12.5. The molecule has 0 aliphatic carbocycles. The maximum atomic E-state index is 12.5. The Morgan fingerprint density at radius 1 is 1.00 bits per heavy atom. The summed E-state index contributed by atoms with van der Waals surface area (Å²) in [4.78, 5) is 18.8. The first-order valence-corrected chi connectivity index (χ1v) is 9.13. The highest BCUT2D eigenvalue weighted by Crippen LogP contribution is 2.35. The lowest BCUT2D eigenvalue weighted by Crippen LogP contribution is -2.24. The van der Waals surface area contributed by atoms with Crippen LogP contribution in [0.2, 0.25) is 0 Å². The number of nitrogens with zero attached hydrogens (tertiary/aromatic N) is 3. The highest BCUT2D eigenvalue weighted by atomic mass is 16.5. The number of rotatable bonds is 6. The SMILES string of the molecule is COc1ccc(N2CC(c3nc(-c4ccc(OC)cc4OC)no3)CC2=O)cc1. The van der Waals surface area contributed by atoms with Crippen LogP contribution >= 0.6 is 0 Å². The molecule has 1 fully saturated rings. The number of hydrogen-bond donors (Lipinski definition) is 0. The van der Waals surface area contributed by atoms with Gasteiger partial charge in [0.2, 0.25) is 17.6 Å². The minimum atomic E-state index is -0.171. The van der Waals surface area contributed by atoms with Crippen LogP contribution in [0.25, 0.3) is 11.4 Å². The van der Waals surface area contributed by atoms with Gasteiger partial charge in [-0.3, -0.25) is 4.79 Å². The van der Waals surface area contributed by atoms with E-state index in [1.807, 2.05) is 30.3 Å². The van der Waals surface area contributed by atoms with E-state index in [-0.39, 0.29) is 11.8 Å². The maximum Gasteiger partial charge on any atom is 0.232 e. The lowest BCUT2D eigenvalue weighted by Gasteiger charge is -2.16. The number of hydrogen-bond acceptors (Lipinski definition) is 7. The van der Waals surface area contributed by atoms with Gasteiger partial charge < -0.3 is 23.6 Å². The molecule has 0 bridgehead atoms. The fourth-order valence-corrected chi connectivity index (χ4v) is 3.38. The zero-order chi connectivity index (χ0) is 20.4. The van der Waals surface area contributed by atoms with Gasteiger partial charge in [-0.25, -0.2) is 0 Å². The topological polar surface area (TPSA) is 86.9 Å². The molecule has 2 aromatic carbocycles. The summed E-state index contributed by atoms with van der Waals surface area (Å²) in [5.74, 6) is 2.69. The third-order valence-corrected chi connectivity index (χ3v) is 4.95. The first kappa shape index (κ1) is 18.8. The number of carbonyl (C=O) groups is 1. The van der Waals surface area contributed by atoms with Gasteiger partial charge in [-0.2, -0.15) is 4.98 Å². The van der Waals surface area contributed by atoms with Crippen LogP contribution < -0.4 is 19.1 Å². The van der Waals surface area contributed by atoms with Gasteiger partial charge in [-0.1, -0.05) is 5.16 Å². The summed E-state index contributed by atoms with van der Waals surface area (Å²) in [5, 5.41) is 4.09. The van der Waals surface area contributed by atoms with E-state index in [0.29, 0.717) is 41.7 Å². The molecule has 8 nitrogen and oxygen atoms in total. The van der Waals surface area contributed by atoms with Crippen LogP contribution in [0, 0.1) is 0 Å². The van der Waals surface area contributed by atoms with Crippen LogP contribution in [-0.4, -0.2) is 43.9 Å². The minimum absolute atomic E-state index is 0.0157. The van der Waals surface area contributed by atoms with Crippen LogP contribution in [0.15, 0.2) is 47.0 Å². The molecular formula is C21H21N3O5. The van der Waals surface area contributed by atoms with Gasteiger partial charge in [-0.15, -0.1) is 0 Å². The summed E-state index contributed by atoms with van der Waals surface area (Å²) < 4.78 is 21.3. The van der Waals surface area contributed by atoms with E-state index in [4.69, 9.17) is 18.7 Å². The van der Waals surface area contributed by atoms with Crippen LogP contribution in [-0.2, 0) is 4.79 Å². The highest BCUT2D eigenvalue weighted by molar-refractivity contribution is 5.96. The molecule has 0 N–H and O–H groups in total. The predicted octanol–water partition coefficient (Wildman–Crippen LogP) is 3.28. The zero-order valence-corrected chi connectivity index (χ0v) is 16.4. The molecule has 4 rings (SSSR count). The summed E-state index contributed by atoms with van der Waals surface area (Å²) in [6.45, 7) is 0.479. The van der Waals surface area contributed by atoms with E-state index in [1.54, 1.807) is 38.4 Å². The van der Waals surface area contributed by atoms with E-state index in [2.05, 4.69) is 10.1 Å². The second-order valence-electron chi connectivity index (χ2n) is 6.63. The lowest BCUT2D eigenvalue weighted by atomic mass is 10.1. The summed E-state index contributed by atoms with van der Waals surface area (Å²) >= 11 is 0. The number of carbonyl (C=O) groups excluding carboxylic acids is 1. The number of methoxy groups -OCH3 is 3. The van der Waals surface area contributed by atoms with Gasteiger partial charge in [-0.05, 0) is 36.4 Å². The van der Waals surface area contributed by atoms with Crippen LogP contribution in [0.4, 0.5) is 5.69 Å². The van der Waals surface area contributed by atoms with E-state index in [9.17, 15) is 4.79 Å². The fraction of sp³-hybridized carbons (Fsp3) is 0.286. The molecule has 8 heteroatoms. The standard InChI is InChI=1S/C21H21N3O5/c1-26-15-6-4-14(5-7-15)24-12-13(10-19(24)25)21-22-20(23-29-21)17-9-8-16(27-2)11-18(17)28-3/h4-9,11,13H,10,12H2,1-3H3. The molecule has 2 heterocycles. The number of aromatic nitrogens is 2. The first-order valence-electron chi connectivity index (χ1n) is 9.13. The van der Waals surface area contributed by atoms with E-state index >= 15 is 0 Å². The van der Waals surface area contributed by atoms with Gasteiger partial charge in [0.15, 0.2) is 0 Å². The van der Waals surface area contributed by atoms with Crippen molar-refractivity contribution >= 4 is 11.6 Å². The Morgan fingerprint density at radius 3 is 2.41 bits per heavy atom. The molecule has 29 heavy (non-hydrogen) atoms. The van der Waals surface area contributed by atoms with E-state index < -0.39 is 0 Å². The molecule has 1 amide bonds. The normalized spacial score (nSPS) is 16.2. The van der Waals surface area contributed by atoms with Crippen LogP contribution in [0.1, 0.15) is 18.2 Å². The Hall–Kier alpha value is -3.55. The molecular weight excluding hydrogens is 374 g/mol. The molecule has 1 aliphatic heterocycles. The van der Waals surface area contributed by atoms with Crippen molar-refractivity contribution in [1.82, 2.24) is 10.1 Å². The summed E-state index contributed by atoms with van der Waals surface area (Å²) in [6.07, 6.45) is 0.313. The second kappa shape index (κ2) is 7.83. The van der Waals surface area contributed by atoms with Crippen LogP contribution in [0.3, 0.4) is 0 Å². The van der Waals surface area contributed by atoms with E-state index in [1.165, 1.54) is 0 Å². The number of ether oxygens (including phenoxy) is 3. The summed E-state index contributed by atoms with van der Waals surface area (Å²) in [6, 6.07) is 12.8. The molecule has 1 unspecified atom stereocenters. The number of anilines is 1. The third kappa shape index (κ3) is 3.61. The Bertz CT molecular complexity index is 1020. The largest absolute Gasteiger partial charge is 0.497 e. The average molecular weight is 395 g/mol. The van der Waals surface area contributed by atoms with Crippen molar-refractivity contribution in [2.75, 3.05) is 32.8 Å². The zero-order valence-electron chi connectivity index (χ0n) is 16.4. The van der Waals surface area contributed by atoms with Crippen molar-refractivity contribution in [1.29, 1.82) is 0 Å². The summed E-state index contributed by atoms with van der Waals surface area (Å²) in [7, 11) is 4.77. The molecule has 1 aromatic heterocycles. The molecule has 0 spiro atoms. The van der Waals surface area contributed by atoms with Crippen molar-refractivity contribution in [3.05, 3.63) is 48.4 Å². The third-order valence-electron chi connectivity index (χ3n) is 4.95. The van der Waals surface area contributed by atoms with E-state index in [0.717, 1.165) is 11.4 Å². The smallest absolute Gasteiger partial charge is 0.232 e. The van der Waals surface area contributed by atoms with Crippen LogP contribution in [0.5, 0.6) is 17.2 Å². The molecule has 1 saturated heterocycles. The van der Waals surface area contributed by atoms with Gasteiger partial charge in [0.05, 0.1) is 32.8 Å². The van der Waals surface area contributed by atoms with Crippen molar-refractivity contribution in [2.45, 2.75) is 12.3 Å². The van der Waals surface area contributed by atoms with Crippen molar-refractivity contribution in [2.24, 2.45) is 0 Å². The molecule has 150 valence electrons. The molecule has 1 atom stereocenters. The van der Waals surface area contributed by atoms with Crippen molar-refractivity contribution in [3.63, 3.8) is 0 Å². The quantitative estimate of drug-likeness (QED) is 0.633. The predicted molar refractivity (Wildman–Crippen MR) is 106 cm³/mol. The first-order chi connectivity index (χ1) is 14.1. The van der Waals surface area contributed by atoms with Crippen molar-refractivity contribution < 1.29 is 23.5 Å². The molecule has 0 saturated carbocycles. The molecule has 3 aromatic rings. The summed E-state index contributed by atoms with van der Waals surface area (Å²) in [5.41, 5.74) is 1.51. The molecule has 1 aliphatic rings. The number of amides is 1. The Kier molecular flexibility index (Phi) is 5.07. The van der Waals surface area contributed by atoms with Gasteiger partial charge >= 0.3 is 0 Å². The van der Waals surface area contributed by atoms with Gasteiger partial charge in [0, 0.05) is 24.7 Å². The monoisotopic (exact) mass is 395 g/mol. The average Bonchev–Trinajstić information content (AvgIpc) is 3.40. The van der Waals surface area contributed by atoms with Gasteiger partial charge in [0.1, 0.15) is 17.2 Å². The molecule has 0 radical (unpaired) electrons. The Morgan fingerprint density at radius 2 is 1.72 bits per heavy atom. The minimum Gasteiger partial charge on any atom is -0.497 e. The fourth-order valence-electron chi connectivity index (χ4n) is 3.38. The van der Waals surface area contributed by atoms with Gasteiger partial charge in [0.25, 0.3) is 0 Å². The highest BCUT2D eigenvalue weighted by Gasteiger charge is 2.35. The van der Waals surface area contributed by atoms with Crippen molar-refractivity contribution in [3.8, 4) is 28.6 Å².